The Bertz CT molecular complexity index is 607. The molecule has 0 aromatic heterocycles. The Morgan fingerprint density at radius 2 is 1.41 bits per heavy atom. The Kier molecular flexibility index (Phi) is 9.05. The normalized spacial score (nSPS) is 19.9. The number of ether oxygens (including phenoxy) is 2. The highest BCUT2D eigenvalue weighted by Crippen LogP contribution is 2.44. The molecular weight excluding hydrogens is 396 g/mol. The van der Waals surface area contributed by atoms with Crippen LogP contribution in [0.25, 0.3) is 0 Å². The summed E-state index contributed by atoms with van der Waals surface area (Å²) in [6.45, 7) is 24.4. The second-order valence-corrected chi connectivity index (χ2v) is 20.8. The van der Waals surface area contributed by atoms with Gasteiger partial charge in [0.25, 0.3) is 0 Å². The predicted molar refractivity (Wildman–Crippen MR) is 126 cm³/mol. The highest BCUT2D eigenvalue weighted by atomic mass is 28.4. The van der Waals surface area contributed by atoms with Crippen LogP contribution < -0.4 is 0 Å². The Balaban J connectivity index is 0.000000290. The number of aldehydes is 1. The molecule has 1 heterocycles. The van der Waals surface area contributed by atoms with Crippen LogP contribution in [-0.2, 0) is 25.0 Å². The Hall–Kier alpha value is -0.796. The Morgan fingerprint density at radius 1 is 0.931 bits per heavy atom. The summed E-state index contributed by atoms with van der Waals surface area (Å²) in [6.07, 6.45) is 0.568. The van der Waals surface area contributed by atoms with E-state index in [-0.39, 0.29) is 12.2 Å². The van der Waals surface area contributed by atoms with E-state index in [0.717, 1.165) is 11.8 Å². The van der Waals surface area contributed by atoms with Gasteiger partial charge in [0.15, 0.2) is 22.9 Å². The van der Waals surface area contributed by atoms with Crippen molar-refractivity contribution in [3.05, 3.63) is 35.9 Å². The molecule has 4 nitrogen and oxygen atoms in total. The second kappa shape index (κ2) is 10.0. The smallest absolute Gasteiger partial charge is 0.178 e. The summed E-state index contributed by atoms with van der Waals surface area (Å²) in [5.74, 6) is 0. The third-order valence-corrected chi connectivity index (χ3v) is 17.6. The number of hydrogen-bond acceptors (Lipinski definition) is 4. The molecule has 29 heavy (non-hydrogen) atoms. The zero-order valence-corrected chi connectivity index (χ0v) is 22.2. The Labute approximate surface area is 180 Å². The molecular formula is C23H42O4Si2. The van der Waals surface area contributed by atoms with Gasteiger partial charge in [-0.15, -0.1) is 0 Å². The number of benzene rings is 1. The molecule has 1 aromatic carbocycles. The van der Waals surface area contributed by atoms with E-state index in [4.69, 9.17) is 13.6 Å². The molecule has 0 spiro atoms. The summed E-state index contributed by atoms with van der Waals surface area (Å²) in [5.41, 5.74) is 1.14. The number of rotatable bonds is 7. The lowest BCUT2D eigenvalue weighted by Crippen LogP contribution is -2.53. The van der Waals surface area contributed by atoms with Crippen molar-refractivity contribution < 1.29 is 18.4 Å². The number of carbonyl (C=O) groups is 1. The van der Waals surface area contributed by atoms with Crippen LogP contribution in [0.2, 0.25) is 36.3 Å². The molecule has 0 N–H and O–H groups in total. The van der Waals surface area contributed by atoms with Gasteiger partial charge < -0.3 is 18.4 Å². The van der Waals surface area contributed by atoms with E-state index < -0.39 is 16.6 Å². The van der Waals surface area contributed by atoms with E-state index >= 15 is 0 Å². The quantitative estimate of drug-likeness (QED) is 0.289. The van der Waals surface area contributed by atoms with Crippen LogP contribution in [0.1, 0.15) is 47.1 Å². The first kappa shape index (κ1) is 26.2. The second-order valence-electron chi connectivity index (χ2n) is 10.9. The third kappa shape index (κ3) is 8.46. The van der Waals surface area contributed by atoms with Crippen molar-refractivity contribution in [3.63, 3.8) is 0 Å². The number of hydrogen-bond donors (Lipinski definition) is 0. The molecule has 0 radical (unpaired) electrons. The minimum atomic E-state index is -1.59. The molecule has 166 valence electrons. The molecule has 1 saturated heterocycles. The molecule has 2 rings (SSSR count). The fourth-order valence-electron chi connectivity index (χ4n) is 2.22. The standard InChI is InChI=1S/C12H30OSi2.C11H12O3/c1-11(2,3)14(7,8)13-15(9,10)12(4,5)6;12-6-10-11(14-10)8-13-7-9-4-2-1-3-5-9/h1-10H3;1-6,10-11H,7-8H2/t;10-,11+/m.1/s1. The molecule has 1 aromatic rings. The van der Waals surface area contributed by atoms with Crippen molar-refractivity contribution in [3.8, 4) is 0 Å². The average molecular weight is 439 g/mol. The van der Waals surface area contributed by atoms with Gasteiger partial charge in [0, 0.05) is 0 Å². The molecule has 1 aliphatic rings. The molecule has 0 aliphatic carbocycles. The van der Waals surface area contributed by atoms with Gasteiger partial charge in [-0.1, -0.05) is 71.9 Å². The lowest BCUT2D eigenvalue weighted by molar-refractivity contribution is -0.108. The van der Waals surface area contributed by atoms with Crippen LogP contribution in [0.4, 0.5) is 0 Å². The van der Waals surface area contributed by atoms with Gasteiger partial charge in [0.1, 0.15) is 12.2 Å². The maximum atomic E-state index is 10.2. The molecule has 6 heteroatoms. The van der Waals surface area contributed by atoms with Crippen molar-refractivity contribution in [1.29, 1.82) is 0 Å². The monoisotopic (exact) mass is 438 g/mol. The summed E-state index contributed by atoms with van der Waals surface area (Å²) in [7, 11) is -3.18. The number of carbonyl (C=O) groups excluding carboxylic acids is 1. The van der Waals surface area contributed by atoms with Crippen molar-refractivity contribution in [2.24, 2.45) is 0 Å². The Morgan fingerprint density at radius 3 is 1.79 bits per heavy atom. The minimum absolute atomic E-state index is 0.0174. The molecule has 2 atom stereocenters. The summed E-state index contributed by atoms with van der Waals surface area (Å²) in [4.78, 5) is 10.2. The van der Waals surface area contributed by atoms with Gasteiger partial charge in [0.05, 0.1) is 13.2 Å². The maximum absolute atomic E-state index is 10.2. The minimum Gasteiger partial charge on any atom is -0.455 e. The van der Waals surface area contributed by atoms with Gasteiger partial charge in [-0.3, -0.25) is 0 Å². The molecule has 0 unspecified atom stereocenters. The zero-order valence-electron chi connectivity index (χ0n) is 20.2. The van der Waals surface area contributed by atoms with Crippen LogP contribution in [0, 0.1) is 0 Å². The van der Waals surface area contributed by atoms with Crippen LogP contribution >= 0.6 is 0 Å². The fourth-order valence-corrected chi connectivity index (χ4v) is 9.77. The van der Waals surface area contributed by atoms with Crippen molar-refractivity contribution >= 4 is 22.9 Å². The third-order valence-electron chi connectivity index (χ3n) is 6.27. The van der Waals surface area contributed by atoms with E-state index in [1.54, 1.807) is 0 Å². The largest absolute Gasteiger partial charge is 0.455 e. The first-order chi connectivity index (χ1) is 13.1. The van der Waals surface area contributed by atoms with Crippen LogP contribution in [0.3, 0.4) is 0 Å². The highest BCUT2D eigenvalue weighted by molar-refractivity contribution is 6.87. The molecule has 0 amide bonds. The van der Waals surface area contributed by atoms with E-state index in [9.17, 15) is 4.79 Å². The van der Waals surface area contributed by atoms with Crippen molar-refractivity contribution in [1.82, 2.24) is 0 Å². The molecule has 1 aliphatic heterocycles. The first-order valence-electron chi connectivity index (χ1n) is 10.5. The van der Waals surface area contributed by atoms with E-state index in [0.29, 0.717) is 23.3 Å². The predicted octanol–water partition coefficient (Wildman–Crippen LogP) is 6.18. The molecule has 1 fully saturated rings. The van der Waals surface area contributed by atoms with Crippen molar-refractivity contribution in [2.75, 3.05) is 6.61 Å². The maximum Gasteiger partial charge on any atom is 0.178 e. The van der Waals surface area contributed by atoms with Gasteiger partial charge in [-0.2, -0.15) is 0 Å². The lowest BCUT2D eigenvalue weighted by atomic mass is 10.2. The van der Waals surface area contributed by atoms with Crippen LogP contribution in [-0.4, -0.2) is 41.7 Å². The summed E-state index contributed by atoms with van der Waals surface area (Å²) in [6, 6.07) is 9.92. The SMILES string of the molecule is CC(C)(C)[Si](C)(C)O[Si](C)(C)C(C)(C)C.O=C[C@H]1O[C@H]1COCc1ccccc1. The zero-order chi connectivity index (χ0) is 22.5. The summed E-state index contributed by atoms with van der Waals surface area (Å²) in [5, 5.41) is 0.644. The number of epoxide rings is 1. The highest BCUT2D eigenvalue weighted by Gasteiger charge is 2.46. The van der Waals surface area contributed by atoms with E-state index in [1.165, 1.54) is 0 Å². The van der Waals surface area contributed by atoms with Gasteiger partial charge in [0.2, 0.25) is 0 Å². The van der Waals surface area contributed by atoms with Gasteiger partial charge >= 0.3 is 0 Å². The van der Waals surface area contributed by atoms with E-state index in [2.05, 4.69) is 67.7 Å². The summed E-state index contributed by atoms with van der Waals surface area (Å²) < 4.78 is 17.0. The molecule has 0 saturated carbocycles. The van der Waals surface area contributed by atoms with Gasteiger partial charge in [-0.05, 0) is 41.8 Å². The van der Waals surface area contributed by atoms with Crippen molar-refractivity contribution in [2.45, 2.75) is 96.6 Å². The van der Waals surface area contributed by atoms with Crippen LogP contribution in [0.5, 0.6) is 0 Å². The molecule has 0 bridgehead atoms. The first-order valence-corrected chi connectivity index (χ1v) is 16.3. The van der Waals surface area contributed by atoms with Gasteiger partial charge in [-0.25, -0.2) is 0 Å². The summed E-state index contributed by atoms with van der Waals surface area (Å²) >= 11 is 0. The van der Waals surface area contributed by atoms with E-state index in [1.807, 2.05) is 30.3 Å². The van der Waals surface area contributed by atoms with Crippen LogP contribution in [0.15, 0.2) is 30.3 Å². The topological polar surface area (TPSA) is 48.1 Å². The lowest BCUT2D eigenvalue weighted by Gasteiger charge is -2.47. The average Bonchev–Trinajstić information content (AvgIpc) is 3.32. The fraction of sp³-hybridized carbons (Fsp3) is 0.696.